The second-order valence-electron chi connectivity index (χ2n) is 5.63. The molecule has 2 unspecified atom stereocenters. The second kappa shape index (κ2) is 4.56. The molecule has 0 fully saturated rings. The van der Waals surface area contributed by atoms with E-state index in [0.717, 1.165) is 12.1 Å². The van der Waals surface area contributed by atoms with Gasteiger partial charge in [0.1, 0.15) is 0 Å². The van der Waals surface area contributed by atoms with Gasteiger partial charge in [0.25, 0.3) is 0 Å². The first-order valence-corrected chi connectivity index (χ1v) is 6.54. The Morgan fingerprint density at radius 2 is 1.82 bits per heavy atom. The molecule has 0 saturated carbocycles. The van der Waals surface area contributed by atoms with Crippen LogP contribution in [0.2, 0.25) is 0 Å². The van der Waals surface area contributed by atoms with Crippen molar-refractivity contribution in [1.29, 1.82) is 0 Å². The predicted molar refractivity (Wildman–Crippen MR) is 74.4 cm³/mol. The van der Waals surface area contributed by atoms with Crippen LogP contribution in [0.3, 0.4) is 0 Å². The molecule has 92 valence electrons. The first-order chi connectivity index (χ1) is 7.99. The third-order valence-electron chi connectivity index (χ3n) is 3.90. The Morgan fingerprint density at radius 3 is 2.41 bits per heavy atom. The fourth-order valence-electron chi connectivity index (χ4n) is 3.00. The fraction of sp³-hybridized carbons (Fsp3) is 0.500. The van der Waals surface area contributed by atoms with Crippen molar-refractivity contribution in [3.63, 3.8) is 0 Å². The number of hydrogen-bond donors (Lipinski definition) is 1. The van der Waals surface area contributed by atoms with Crippen LogP contribution in [0.5, 0.6) is 0 Å². The summed E-state index contributed by atoms with van der Waals surface area (Å²) < 4.78 is 0. The molecule has 0 bridgehead atoms. The van der Waals surface area contributed by atoms with Crippen molar-refractivity contribution in [3.8, 4) is 0 Å². The summed E-state index contributed by atoms with van der Waals surface area (Å²) in [5.41, 5.74) is 12.8. The van der Waals surface area contributed by atoms with Gasteiger partial charge in [-0.1, -0.05) is 31.6 Å². The molecule has 0 heterocycles. The summed E-state index contributed by atoms with van der Waals surface area (Å²) >= 11 is 0. The highest BCUT2D eigenvalue weighted by Gasteiger charge is 2.21. The molecule has 0 aromatic heterocycles. The van der Waals surface area contributed by atoms with Crippen LogP contribution in [0, 0.1) is 11.8 Å². The van der Waals surface area contributed by atoms with E-state index in [1.807, 2.05) is 0 Å². The Labute approximate surface area is 105 Å². The minimum absolute atomic E-state index is 0.496. The largest absolute Gasteiger partial charge is 0.402 e. The molecular formula is C16H23N. The lowest BCUT2D eigenvalue weighted by molar-refractivity contribution is 0.643. The van der Waals surface area contributed by atoms with Crippen LogP contribution in [-0.4, -0.2) is 0 Å². The summed E-state index contributed by atoms with van der Waals surface area (Å²) in [5.74, 6) is 1.11. The smallest absolute Gasteiger partial charge is 0.0118 e. The summed E-state index contributed by atoms with van der Waals surface area (Å²) in [6, 6.07) is 0. The first kappa shape index (κ1) is 12.2. The summed E-state index contributed by atoms with van der Waals surface area (Å²) in [6.45, 7) is 8.95. The summed E-state index contributed by atoms with van der Waals surface area (Å²) in [5, 5.41) is 0. The van der Waals surface area contributed by atoms with Gasteiger partial charge in [-0.05, 0) is 61.3 Å². The van der Waals surface area contributed by atoms with Crippen molar-refractivity contribution in [3.05, 3.63) is 46.2 Å². The fourth-order valence-corrected chi connectivity index (χ4v) is 3.00. The van der Waals surface area contributed by atoms with Crippen LogP contribution >= 0.6 is 0 Å². The standard InChI is InChI=1S/C16H23N/c1-10-7-12(3)16(13(4)8-10)14-6-5-11(2)15(17)9-14/h6-7,9,11,13H,5,8,17H2,1-4H3. The quantitative estimate of drug-likeness (QED) is 0.720. The van der Waals surface area contributed by atoms with Gasteiger partial charge in [-0.3, -0.25) is 0 Å². The number of rotatable bonds is 1. The van der Waals surface area contributed by atoms with Gasteiger partial charge in [-0.2, -0.15) is 0 Å². The molecule has 2 aliphatic rings. The molecule has 0 radical (unpaired) electrons. The summed E-state index contributed by atoms with van der Waals surface area (Å²) in [6.07, 6.45) is 9.10. The second-order valence-corrected chi connectivity index (χ2v) is 5.63. The molecule has 0 saturated heterocycles. The van der Waals surface area contributed by atoms with E-state index in [9.17, 15) is 0 Å². The highest BCUT2D eigenvalue weighted by atomic mass is 14.6. The maximum atomic E-state index is 6.08. The number of allylic oxidation sites excluding steroid dienone is 8. The van der Waals surface area contributed by atoms with Gasteiger partial charge < -0.3 is 5.73 Å². The molecule has 0 aliphatic heterocycles. The SMILES string of the molecule is CC1=CC(C)=C(C2=CCC(C)C(N)=C2)C(C)C1. The third-order valence-corrected chi connectivity index (χ3v) is 3.90. The van der Waals surface area contributed by atoms with Gasteiger partial charge in [0.2, 0.25) is 0 Å². The zero-order chi connectivity index (χ0) is 12.6. The molecule has 0 amide bonds. The monoisotopic (exact) mass is 229 g/mol. The van der Waals surface area contributed by atoms with Crippen molar-refractivity contribution < 1.29 is 0 Å². The molecule has 2 atom stereocenters. The lowest BCUT2D eigenvalue weighted by atomic mass is 9.79. The Hall–Kier alpha value is -1.24. The maximum absolute atomic E-state index is 6.08. The third kappa shape index (κ3) is 2.38. The topological polar surface area (TPSA) is 26.0 Å². The van der Waals surface area contributed by atoms with E-state index >= 15 is 0 Å². The van der Waals surface area contributed by atoms with Crippen LogP contribution < -0.4 is 5.73 Å². The lowest BCUT2D eigenvalue weighted by Crippen LogP contribution is -2.15. The van der Waals surface area contributed by atoms with Crippen molar-refractivity contribution >= 4 is 0 Å². The molecular weight excluding hydrogens is 206 g/mol. The lowest BCUT2D eigenvalue weighted by Gasteiger charge is -2.27. The summed E-state index contributed by atoms with van der Waals surface area (Å²) in [7, 11) is 0. The molecule has 0 spiro atoms. The average molecular weight is 229 g/mol. The van der Waals surface area contributed by atoms with E-state index < -0.39 is 0 Å². The normalized spacial score (nSPS) is 29.8. The van der Waals surface area contributed by atoms with Gasteiger partial charge in [-0.15, -0.1) is 0 Å². The predicted octanol–water partition coefficient (Wildman–Crippen LogP) is 4.10. The average Bonchev–Trinajstić information content (AvgIpc) is 2.21. The minimum atomic E-state index is 0.496. The molecule has 1 nitrogen and oxygen atoms in total. The van der Waals surface area contributed by atoms with E-state index in [2.05, 4.69) is 45.9 Å². The minimum Gasteiger partial charge on any atom is -0.402 e. The van der Waals surface area contributed by atoms with Crippen molar-refractivity contribution in [2.24, 2.45) is 17.6 Å². The van der Waals surface area contributed by atoms with Gasteiger partial charge in [0.15, 0.2) is 0 Å². The first-order valence-electron chi connectivity index (χ1n) is 6.54. The maximum Gasteiger partial charge on any atom is 0.0118 e. The van der Waals surface area contributed by atoms with Crippen LogP contribution in [0.25, 0.3) is 0 Å². The van der Waals surface area contributed by atoms with Gasteiger partial charge in [0.05, 0.1) is 0 Å². The molecule has 2 rings (SSSR count). The van der Waals surface area contributed by atoms with Crippen molar-refractivity contribution in [2.75, 3.05) is 0 Å². The molecule has 2 N–H and O–H groups in total. The Bertz CT molecular complexity index is 446. The highest BCUT2D eigenvalue weighted by molar-refractivity contribution is 5.51. The zero-order valence-electron chi connectivity index (χ0n) is 11.4. The summed E-state index contributed by atoms with van der Waals surface area (Å²) in [4.78, 5) is 0. The Morgan fingerprint density at radius 1 is 1.12 bits per heavy atom. The van der Waals surface area contributed by atoms with Gasteiger partial charge >= 0.3 is 0 Å². The highest BCUT2D eigenvalue weighted by Crippen LogP contribution is 2.36. The van der Waals surface area contributed by atoms with E-state index in [4.69, 9.17) is 5.73 Å². The van der Waals surface area contributed by atoms with Crippen molar-refractivity contribution in [2.45, 2.75) is 40.5 Å². The zero-order valence-corrected chi connectivity index (χ0v) is 11.4. The van der Waals surface area contributed by atoms with E-state index in [1.54, 1.807) is 0 Å². The Balaban J connectivity index is 2.38. The van der Waals surface area contributed by atoms with Gasteiger partial charge in [-0.25, -0.2) is 0 Å². The number of hydrogen-bond acceptors (Lipinski definition) is 1. The molecule has 2 aliphatic carbocycles. The van der Waals surface area contributed by atoms with E-state index in [0.29, 0.717) is 11.8 Å². The Kier molecular flexibility index (Phi) is 3.28. The van der Waals surface area contributed by atoms with Crippen LogP contribution in [-0.2, 0) is 0 Å². The van der Waals surface area contributed by atoms with Crippen LogP contribution in [0.4, 0.5) is 0 Å². The van der Waals surface area contributed by atoms with E-state index in [1.165, 1.54) is 28.7 Å². The molecule has 0 aromatic rings. The number of nitrogens with two attached hydrogens (primary N) is 1. The molecule has 1 heteroatoms. The van der Waals surface area contributed by atoms with Crippen LogP contribution in [0.15, 0.2) is 46.2 Å². The van der Waals surface area contributed by atoms with E-state index in [-0.39, 0.29) is 0 Å². The molecule has 0 aromatic carbocycles. The van der Waals surface area contributed by atoms with Gasteiger partial charge in [0, 0.05) is 5.70 Å². The van der Waals surface area contributed by atoms with Crippen LogP contribution in [0.1, 0.15) is 40.5 Å². The molecule has 17 heavy (non-hydrogen) atoms. The van der Waals surface area contributed by atoms with Crippen molar-refractivity contribution in [1.82, 2.24) is 0 Å².